The van der Waals surface area contributed by atoms with Gasteiger partial charge in [-0.1, -0.05) is 0 Å². The lowest BCUT2D eigenvalue weighted by molar-refractivity contribution is -0.132. The molecule has 0 saturated heterocycles. The minimum Gasteiger partial charge on any atom is -0.334 e. The molecule has 9 heteroatoms. The molecule has 0 aliphatic carbocycles. The topological polar surface area (TPSA) is 84.3 Å². The van der Waals surface area contributed by atoms with E-state index in [9.17, 15) is 13.2 Å². The minimum atomic E-state index is -3.27. The van der Waals surface area contributed by atoms with Crippen LogP contribution < -0.4 is 4.72 Å². The van der Waals surface area contributed by atoms with Gasteiger partial charge in [-0.2, -0.15) is 11.3 Å². The van der Waals surface area contributed by atoms with Gasteiger partial charge in [0.05, 0.1) is 37.3 Å². The van der Waals surface area contributed by atoms with Gasteiger partial charge in [0.25, 0.3) is 0 Å². The number of carbonyl (C=O) groups excluding carboxylic acids is 1. The van der Waals surface area contributed by atoms with Gasteiger partial charge in [0.15, 0.2) is 0 Å². The first-order valence-corrected chi connectivity index (χ1v) is 10.00. The average molecular weight is 354 g/mol. The molecule has 0 bridgehead atoms. The predicted molar refractivity (Wildman–Crippen MR) is 87.6 cm³/mol. The fourth-order valence-corrected chi connectivity index (χ4v) is 3.83. The van der Waals surface area contributed by atoms with Crippen LogP contribution in [-0.4, -0.2) is 48.1 Å². The third-order valence-electron chi connectivity index (χ3n) is 3.79. The number of nitrogens with one attached hydrogen (secondary N) is 1. The van der Waals surface area contributed by atoms with Crippen molar-refractivity contribution >= 4 is 27.3 Å². The molecule has 2 aromatic heterocycles. The molecule has 0 aromatic carbocycles. The summed E-state index contributed by atoms with van der Waals surface area (Å²) in [5.74, 6) is 0.0419. The van der Waals surface area contributed by atoms with Gasteiger partial charge in [-0.15, -0.1) is 0 Å². The van der Waals surface area contributed by atoms with Crippen molar-refractivity contribution in [1.29, 1.82) is 0 Å². The first-order chi connectivity index (χ1) is 10.9. The van der Waals surface area contributed by atoms with Crippen LogP contribution in [-0.2, 0) is 27.8 Å². The van der Waals surface area contributed by atoms with Gasteiger partial charge in [-0.3, -0.25) is 4.79 Å². The molecule has 23 heavy (non-hydrogen) atoms. The minimum absolute atomic E-state index is 0.0419. The van der Waals surface area contributed by atoms with Gasteiger partial charge < -0.3 is 9.47 Å². The summed E-state index contributed by atoms with van der Waals surface area (Å²) in [6, 6.07) is 1.79. The fourth-order valence-electron chi connectivity index (χ4n) is 2.67. The molecule has 3 rings (SSSR count). The third kappa shape index (κ3) is 3.98. The number of nitrogens with zero attached hydrogens (tertiary/aromatic N) is 3. The highest BCUT2D eigenvalue weighted by molar-refractivity contribution is 7.88. The van der Waals surface area contributed by atoms with E-state index < -0.39 is 10.0 Å². The first-order valence-electron chi connectivity index (χ1n) is 7.16. The number of aromatic nitrogens is 2. The summed E-state index contributed by atoms with van der Waals surface area (Å²) in [4.78, 5) is 18.4. The second-order valence-electron chi connectivity index (χ2n) is 5.65. The van der Waals surface area contributed by atoms with E-state index in [0.717, 1.165) is 17.5 Å². The summed E-state index contributed by atoms with van der Waals surface area (Å²) in [5, 5.41) is 3.92. The van der Waals surface area contributed by atoms with E-state index in [1.165, 1.54) is 0 Å². The maximum atomic E-state index is 12.5. The SMILES string of the molecule is CS(=O)(=O)NC[C@H]1CN(C(=O)Cc2ccsc2)Cc2cncn21. The number of carbonyl (C=O) groups is 1. The standard InChI is InChI=1S/C14H18N4O3S2/c1-23(20,21)16-6-13-8-17(7-12-5-15-10-18(12)13)14(19)4-11-2-3-22-9-11/h2-3,5,9-10,13,16H,4,6-8H2,1H3/t13-/m0/s1. The van der Waals surface area contributed by atoms with Crippen LogP contribution in [0.3, 0.4) is 0 Å². The lowest BCUT2D eigenvalue weighted by atomic mass is 10.1. The molecule has 0 unspecified atom stereocenters. The number of hydrogen-bond acceptors (Lipinski definition) is 5. The summed E-state index contributed by atoms with van der Waals surface area (Å²) in [7, 11) is -3.27. The number of sulfonamides is 1. The average Bonchev–Trinajstić information content (AvgIpc) is 3.14. The molecule has 2 aromatic rings. The number of rotatable bonds is 5. The largest absolute Gasteiger partial charge is 0.334 e. The van der Waals surface area contributed by atoms with Crippen LogP contribution in [0.25, 0.3) is 0 Å². The van der Waals surface area contributed by atoms with Crippen molar-refractivity contribution in [2.75, 3.05) is 19.3 Å². The van der Waals surface area contributed by atoms with Gasteiger partial charge in [0.2, 0.25) is 15.9 Å². The van der Waals surface area contributed by atoms with Crippen LogP contribution >= 0.6 is 11.3 Å². The monoisotopic (exact) mass is 354 g/mol. The number of hydrogen-bond donors (Lipinski definition) is 1. The Morgan fingerprint density at radius 2 is 2.35 bits per heavy atom. The summed E-state index contributed by atoms with van der Waals surface area (Å²) in [6.07, 6.45) is 4.90. The van der Waals surface area contributed by atoms with Gasteiger partial charge >= 0.3 is 0 Å². The van der Waals surface area contributed by atoms with Crippen LogP contribution in [0, 0.1) is 0 Å². The van der Waals surface area contributed by atoms with E-state index in [1.54, 1.807) is 28.8 Å². The third-order valence-corrected chi connectivity index (χ3v) is 5.22. The van der Waals surface area contributed by atoms with Crippen LogP contribution in [0.2, 0.25) is 0 Å². The smallest absolute Gasteiger partial charge is 0.227 e. The summed E-state index contributed by atoms with van der Waals surface area (Å²) in [6.45, 7) is 1.21. The maximum absolute atomic E-state index is 12.5. The highest BCUT2D eigenvalue weighted by atomic mass is 32.2. The van der Waals surface area contributed by atoms with Crippen LogP contribution in [0.4, 0.5) is 0 Å². The number of fused-ring (bicyclic) bond motifs is 1. The number of thiophene rings is 1. The van der Waals surface area contributed by atoms with Gasteiger partial charge in [0.1, 0.15) is 0 Å². The zero-order valence-electron chi connectivity index (χ0n) is 12.7. The second kappa shape index (κ2) is 6.42. The molecule has 1 amide bonds. The Morgan fingerprint density at radius 1 is 1.52 bits per heavy atom. The Labute approximate surface area is 139 Å². The molecule has 1 aliphatic rings. The molecule has 124 valence electrons. The Balaban J connectivity index is 1.73. The Hall–Kier alpha value is -1.71. The van der Waals surface area contributed by atoms with E-state index in [0.29, 0.717) is 19.5 Å². The highest BCUT2D eigenvalue weighted by Gasteiger charge is 2.28. The van der Waals surface area contributed by atoms with Crippen LogP contribution in [0.5, 0.6) is 0 Å². The summed E-state index contributed by atoms with van der Waals surface area (Å²) in [5.41, 5.74) is 1.92. The molecule has 3 heterocycles. The predicted octanol–water partition coefficient (Wildman–Crippen LogP) is 0.620. The zero-order chi connectivity index (χ0) is 16.4. The summed E-state index contributed by atoms with van der Waals surface area (Å²) >= 11 is 1.57. The van der Waals surface area contributed by atoms with Crippen molar-refractivity contribution in [3.8, 4) is 0 Å². The Morgan fingerprint density at radius 3 is 3.04 bits per heavy atom. The Bertz CT molecular complexity index is 783. The molecule has 7 nitrogen and oxygen atoms in total. The van der Waals surface area contributed by atoms with Crippen LogP contribution in [0.1, 0.15) is 17.3 Å². The molecule has 1 atom stereocenters. The molecule has 1 N–H and O–H groups in total. The Kier molecular flexibility index (Phi) is 4.51. The summed E-state index contributed by atoms with van der Waals surface area (Å²) < 4.78 is 27.1. The fraction of sp³-hybridized carbons (Fsp3) is 0.429. The molecule has 0 spiro atoms. The van der Waals surface area contributed by atoms with Crippen molar-refractivity contribution in [3.63, 3.8) is 0 Å². The zero-order valence-corrected chi connectivity index (χ0v) is 14.3. The van der Waals surface area contributed by atoms with Gasteiger partial charge in [0, 0.05) is 19.3 Å². The molecule has 1 aliphatic heterocycles. The number of amides is 1. The van der Waals surface area contributed by atoms with E-state index >= 15 is 0 Å². The maximum Gasteiger partial charge on any atom is 0.227 e. The quantitative estimate of drug-likeness (QED) is 0.853. The number of imidazole rings is 1. The first kappa shape index (κ1) is 16.2. The lowest BCUT2D eigenvalue weighted by Gasteiger charge is -2.34. The van der Waals surface area contributed by atoms with E-state index in [1.807, 2.05) is 21.4 Å². The van der Waals surface area contributed by atoms with Gasteiger partial charge in [-0.25, -0.2) is 18.1 Å². The molecular weight excluding hydrogens is 336 g/mol. The second-order valence-corrected chi connectivity index (χ2v) is 8.26. The van der Waals surface area contributed by atoms with Crippen molar-refractivity contribution in [2.24, 2.45) is 0 Å². The lowest BCUT2D eigenvalue weighted by Crippen LogP contribution is -2.45. The molecule has 0 radical (unpaired) electrons. The van der Waals surface area contributed by atoms with Crippen molar-refractivity contribution < 1.29 is 13.2 Å². The van der Waals surface area contributed by atoms with Crippen molar-refractivity contribution in [3.05, 3.63) is 40.6 Å². The van der Waals surface area contributed by atoms with Gasteiger partial charge in [-0.05, 0) is 22.4 Å². The molecular formula is C14H18N4O3S2. The van der Waals surface area contributed by atoms with Crippen LogP contribution in [0.15, 0.2) is 29.4 Å². The highest BCUT2D eigenvalue weighted by Crippen LogP contribution is 2.21. The van der Waals surface area contributed by atoms with Crippen molar-refractivity contribution in [2.45, 2.75) is 19.0 Å². The van der Waals surface area contributed by atoms with E-state index in [4.69, 9.17) is 0 Å². The van der Waals surface area contributed by atoms with E-state index in [2.05, 4.69) is 9.71 Å². The normalized spacial score (nSPS) is 18.0. The molecule has 0 fully saturated rings. The van der Waals surface area contributed by atoms with E-state index in [-0.39, 0.29) is 18.5 Å². The molecule has 0 saturated carbocycles. The van der Waals surface area contributed by atoms with Crippen molar-refractivity contribution in [1.82, 2.24) is 19.2 Å².